The van der Waals surface area contributed by atoms with E-state index in [4.69, 9.17) is 15.2 Å². The summed E-state index contributed by atoms with van der Waals surface area (Å²) in [5.41, 5.74) is 6.68. The van der Waals surface area contributed by atoms with Crippen molar-refractivity contribution < 1.29 is 14.3 Å². The Morgan fingerprint density at radius 3 is 2.90 bits per heavy atom. The highest BCUT2D eigenvalue weighted by Gasteiger charge is 2.34. The van der Waals surface area contributed by atoms with Gasteiger partial charge in [-0.15, -0.1) is 0 Å². The average Bonchev–Trinajstić information content (AvgIpc) is 2.49. The third kappa shape index (κ3) is 3.29. The summed E-state index contributed by atoms with van der Waals surface area (Å²) in [7, 11) is 1.69. The Morgan fingerprint density at radius 2 is 2.24 bits per heavy atom. The van der Waals surface area contributed by atoms with Gasteiger partial charge in [-0.25, -0.2) is 0 Å². The minimum absolute atomic E-state index is 0.0475. The van der Waals surface area contributed by atoms with E-state index in [0.717, 1.165) is 19.4 Å². The highest BCUT2D eigenvalue weighted by molar-refractivity contribution is 5.98. The molecule has 1 saturated heterocycles. The highest BCUT2D eigenvalue weighted by Crippen LogP contribution is 2.30. The predicted octanol–water partition coefficient (Wildman–Crippen LogP) is 2.31. The van der Waals surface area contributed by atoms with Crippen LogP contribution in [0.25, 0.3) is 0 Å². The molecule has 5 heteroatoms. The first-order chi connectivity index (χ1) is 10.0. The molecule has 1 atom stereocenters. The van der Waals surface area contributed by atoms with E-state index in [1.54, 1.807) is 25.3 Å². The number of piperidine rings is 1. The van der Waals surface area contributed by atoms with Gasteiger partial charge in [0.25, 0.3) is 5.91 Å². The van der Waals surface area contributed by atoms with E-state index in [1.165, 1.54) is 0 Å². The molecule has 1 aromatic carbocycles. The van der Waals surface area contributed by atoms with Gasteiger partial charge in [-0.1, -0.05) is 6.07 Å². The fraction of sp³-hybridized carbons (Fsp3) is 0.562. The number of nitrogen functional groups attached to an aromatic ring is 1. The standard InChI is InChI=1S/C16H24N2O3/c1-4-21-14-12(7-5-8-13(14)17)15(19)18-10-6-9-16(2,11-18)20-3/h5,7-8H,4,6,9-11,17H2,1-3H3. The van der Waals surface area contributed by atoms with Crippen LogP contribution in [-0.4, -0.2) is 43.2 Å². The van der Waals surface area contributed by atoms with Crippen LogP contribution in [0.3, 0.4) is 0 Å². The number of methoxy groups -OCH3 is 1. The van der Waals surface area contributed by atoms with Gasteiger partial charge >= 0.3 is 0 Å². The molecule has 1 aliphatic rings. The minimum Gasteiger partial charge on any atom is -0.491 e. The van der Waals surface area contributed by atoms with Crippen molar-refractivity contribution in [2.75, 3.05) is 32.5 Å². The Balaban J connectivity index is 2.26. The van der Waals surface area contributed by atoms with E-state index >= 15 is 0 Å². The van der Waals surface area contributed by atoms with Gasteiger partial charge in [0.15, 0.2) is 5.75 Å². The molecule has 116 valence electrons. The van der Waals surface area contributed by atoms with Gasteiger partial charge in [-0.3, -0.25) is 4.79 Å². The van der Waals surface area contributed by atoms with Crippen molar-refractivity contribution in [1.82, 2.24) is 4.90 Å². The molecular formula is C16H24N2O3. The largest absolute Gasteiger partial charge is 0.491 e. The molecule has 1 aromatic rings. The molecule has 1 heterocycles. The molecule has 0 saturated carbocycles. The van der Waals surface area contributed by atoms with Gasteiger partial charge in [0.05, 0.1) is 23.5 Å². The molecule has 1 unspecified atom stereocenters. The maximum Gasteiger partial charge on any atom is 0.257 e. The molecule has 1 fully saturated rings. The molecular weight excluding hydrogens is 268 g/mol. The molecule has 1 aliphatic heterocycles. The molecule has 0 aliphatic carbocycles. The van der Waals surface area contributed by atoms with Crippen LogP contribution in [-0.2, 0) is 4.74 Å². The summed E-state index contributed by atoms with van der Waals surface area (Å²) in [5, 5.41) is 0. The Morgan fingerprint density at radius 1 is 1.48 bits per heavy atom. The van der Waals surface area contributed by atoms with Crippen molar-refractivity contribution in [3.05, 3.63) is 23.8 Å². The summed E-state index contributed by atoms with van der Waals surface area (Å²) < 4.78 is 11.1. The molecule has 0 spiro atoms. The number of hydrogen-bond donors (Lipinski definition) is 1. The number of nitrogens with zero attached hydrogens (tertiary/aromatic N) is 1. The van der Waals surface area contributed by atoms with Gasteiger partial charge in [0, 0.05) is 20.2 Å². The normalized spacial score (nSPS) is 22.1. The number of ether oxygens (including phenoxy) is 2. The van der Waals surface area contributed by atoms with Crippen LogP contribution in [0.4, 0.5) is 5.69 Å². The van der Waals surface area contributed by atoms with Crippen LogP contribution in [0.2, 0.25) is 0 Å². The number of carbonyl (C=O) groups excluding carboxylic acids is 1. The maximum absolute atomic E-state index is 12.8. The van der Waals surface area contributed by atoms with Gasteiger partial charge < -0.3 is 20.1 Å². The number of nitrogens with two attached hydrogens (primary N) is 1. The number of amides is 1. The maximum atomic E-state index is 12.8. The smallest absolute Gasteiger partial charge is 0.257 e. The van der Waals surface area contributed by atoms with E-state index in [2.05, 4.69) is 0 Å². The van der Waals surface area contributed by atoms with Crippen LogP contribution in [0.15, 0.2) is 18.2 Å². The molecule has 2 N–H and O–H groups in total. The molecule has 1 amide bonds. The van der Waals surface area contributed by atoms with Crippen molar-refractivity contribution in [2.45, 2.75) is 32.3 Å². The summed E-state index contributed by atoms with van der Waals surface area (Å²) in [6.07, 6.45) is 1.89. The van der Waals surface area contributed by atoms with E-state index in [-0.39, 0.29) is 11.5 Å². The van der Waals surface area contributed by atoms with Crippen molar-refractivity contribution in [1.29, 1.82) is 0 Å². The summed E-state index contributed by atoms with van der Waals surface area (Å²) >= 11 is 0. The van der Waals surface area contributed by atoms with E-state index < -0.39 is 0 Å². The fourth-order valence-electron chi connectivity index (χ4n) is 2.74. The predicted molar refractivity (Wildman–Crippen MR) is 82.6 cm³/mol. The monoisotopic (exact) mass is 292 g/mol. The Labute approximate surface area is 126 Å². The Hall–Kier alpha value is -1.75. The lowest BCUT2D eigenvalue weighted by Crippen LogP contribution is -2.49. The Bertz CT molecular complexity index is 518. The number of para-hydroxylation sites is 1. The van der Waals surface area contributed by atoms with Crippen LogP contribution in [0.5, 0.6) is 5.75 Å². The van der Waals surface area contributed by atoms with Crippen LogP contribution in [0.1, 0.15) is 37.0 Å². The van der Waals surface area contributed by atoms with E-state index in [0.29, 0.717) is 30.2 Å². The Kier molecular flexibility index (Phi) is 4.73. The lowest BCUT2D eigenvalue weighted by atomic mass is 9.94. The zero-order valence-corrected chi connectivity index (χ0v) is 13.0. The summed E-state index contributed by atoms with van der Waals surface area (Å²) in [4.78, 5) is 14.6. The minimum atomic E-state index is -0.278. The third-order valence-corrected chi connectivity index (χ3v) is 4.00. The molecule has 0 bridgehead atoms. The lowest BCUT2D eigenvalue weighted by Gasteiger charge is -2.39. The summed E-state index contributed by atoms with van der Waals surface area (Å²) in [5.74, 6) is 0.434. The van der Waals surface area contributed by atoms with E-state index in [1.807, 2.05) is 18.7 Å². The zero-order chi connectivity index (χ0) is 15.5. The van der Waals surface area contributed by atoms with Gasteiger partial charge in [0.1, 0.15) is 0 Å². The highest BCUT2D eigenvalue weighted by atomic mass is 16.5. The second-order valence-electron chi connectivity index (χ2n) is 5.64. The number of anilines is 1. The first-order valence-corrected chi connectivity index (χ1v) is 7.36. The van der Waals surface area contributed by atoms with Gasteiger partial charge in [0.2, 0.25) is 0 Å². The van der Waals surface area contributed by atoms with Crippen LogP contribution < -0.4 is 10.5 Å². The molecule has 0 aromatic heterocycles. The number of rotatable bonds is 4. The molecule has 21 heavy (non-hydrogen) atoms. The topological polar surface area (TPSA) is 64.8 Å². The summed E-state index contributed by atoms with van der Waals surface area (Å²) in [6.45, 7) is 5.71. The molecule has 0 radical (unpaired) electrons. The second kappa shape index (κ2) is 6.35. The van der Waals surface area contributed by atoms with Gasteiger partial charge in [-0.2, -0.15) is 0 Å². The summed E-state index contributed by atoms with van der Waals surface area (Å²) in [6, 6.07) is 5.30. The zero-order valence-electron chi connectivity index (χ0n) is 13.0. The van der Waals surface area contributed by atoms with Crippen molar-refractivity contribution in [2.24, 2.45) is 0 Å². The fourth-order valence-corrected chi connectivity index (χ4v) is 2.74. The number of carbonyl (C=O) groups is 1. The first-order valence-electron chi connectivity index (χ1n) is 7.36. The van der Waals surface area contributed by atoms with Gasteiger partial charge in [-0.05, 0) is 38.8 Å². The molecule has 5 nitrogen and oxygen atoms in total. The first kappa shape index (κ1) is 15.6. The third-order valence-electron chi connectivity index (χ3n) is 4.00. The number of hydrogen-bond acceptors (Lipinski definition) is 4. The quantitative estimate of drug-likeness (QED) is 0.865. The van der Waals surface area contributed by atoms with Crippen LogP contribution >= 0.6 is 0 Å². The second-order valence-corrected chi connectivity index (χ2v) is 5.64. The number of likely N-dealkylation sites (tertiary alicyclic amines) is 1. The average molecular weight is 292 g/mol. The van der Waals surface area contributed by atoms with Crippen LogP contribution in [0, 0.1) is 0 Å². The van der Waals surface area contributed by atoms with Crippen molar-refractivity contribution in [3.8, 4) is 5.75 Å². The number of benzene rings is 1. The lowest BCUT2D eigenvalue weighted by molar-refractivity contribution is -0.0440. The molecule has 2 rings (SSSR count). The van der Waals surface area contributed by atoms with E-state index in [9.17, 15) is 4.79 Å². The van der Waals surface area contributed by atoms with Crippen molar-refractivity contribution >= 4 is 11.6 Å². The van der Waals surface area contributed by atoms with Crippen molar-refractivity contribution in [3.63, 3.8) is 0 Å². The SMILES string of the molecule is CCOc1c(N)cccc1C(=O)N1CCCC(C)(OC)C1.